The number of rotatable bonds is 7. The Labute approximate surface area is 129 Å². The highest BCUT2D eigenvalue weighted by Crippen LogP contribution is 2.16. The number of nitrogens with zero attached hydrogens (tertiary/aromatic N) is 2. The second-order valence-corrected chi connectivity index (χ2v) is 5.89. The average Bonchev–Trinajstić information content (AvgIpc) is 2.89. The van der Waals surface area contributed by atoms with E-state index in [1.54, 1.807) is 0 Å². The molecule has 1 aromatic rings. The molecule has 0 atom stereocenters. The lowest BCUT2D eigenvalue weighted by Crippen LogP contribution is -2.41. The van der Waals surface area contributed by atoms with Gasteiger partial charge in [-0.05, 0) is 19.8 Å². The number of ether oxygens (including phenoxy) is 2. The van der Waals surface area contributed by atoms with Crippen molar-refractivity contribution in [2.75, 3.05) is 38.6 Å². The second-order valence-electron chi connectivity index (χ2n) is 5.00. The first-order valence-electron chi connectivity index (χ1n) is 7.36. The third kappa shape index (κ3) is 5.26. The molecule has 1 saturated heterocycles. The lowest BCUT2D eigenvalue weighted by Gasteiger charge is -2.31. The normalized spacial score (nSPS) is 16.3. The van der Waals surface area contributed by atoms with Gasteiger partial charge in [-0.3, -0.25) is 4.79 Å². The molecule has 6 nitrogen and oxygen atoms in total. The van der Waals surface area contributed by atoms with E-state index in [0.717, 1.165) is 38.2 Å². The topological polar surface area (TPSA) is 77.7 Å². The largest absolute Gasteiger partial charge is 0.379 e. The van der Waals surface area contributed by atoms with Crippen molar-refractivity contribution in [2.45, 2.75) is 32.3 Å². The standard InChI is InChI=1S/C14H23N3O3S/c1-2-19-7-8-20-12-3-5-17(6-4-12)13(18)9-11-10-21-14(15)16-11/h10,12H,2-9H2,1H3,(H2,15,16). The van der Waals surface area contributed by atoms with Crippen LogP contribution in [0, 0.1) is 0 Å². The highest BCUT2D eigenvalue weighted by Gasteiger charge is 2.23. The van der Waals surface area contributed by atoms with Crippen LogP contribution in [0.15, 0.2) is 5.38 Å². The number of aromatic nitrogens is 1. The van der Waals surface area contributed by atoms with Crippen LogP contribution in [0.1, 0.15) is 25.5 Å². The van der Waals surface area contributed by atoms with E-state index in [9.17, 15) is 4.79 Å². The van der Waals surface area contributed by atoms with Crippen molar-refractivity contribution < 1.29 is 14.3 Å². The lowest BCUT2D eigenvalue weighted by atomic mass is 10.1. The predicted octanol–water partition coefficient (Wildman–Crippen LogP) is 1.31. The third-order valence-corrected chi connectivity index (χ3v) is 4.20. The minimum Gasteiger partial charge on any atom is -0.379 e. The van der Waals surface area contributed by atoms with E-state index in [1.807, 2.05) is 17.2 Å². The molecule has 2 heterocycles. The molecule has 0 saturated carbocycles. The molecule has 1 fully saturated rings. The number of carbonyl (C=O) groups is 1. The van der Waals surface area contributed by atoms with E-state index >= 15 is 0 Å². The van der Waals surface area contributed by atoms with E-state index in [2.05, 4.69) is 4.98 Å². The van der Waals surface area contributed by atoms with Gasteiger partial charge in [0.05, 0.1) is 31.4 Å². The monoisotopic (exact) mass is 313 g/mol. The summed E-state index contributed by atoms with van der Waals surface area (Å²) in [6.07, 6.45) is 2.35. The fourth-order valence-electron chi connectivity index (χ4n) is 2.36. The zero-order valence-corrected chi connectivity index (χ0v) is 13.2. The molecule has 0 radical (unpaired) electrons. The average molecular weight is 313 g/mol. The van der Waals surface area contributed by atoms with Crippen molar-refractivity contribution in [1.29, 1.82) is 0 Å². The molecule has 2 N–H and O–H groups in total. The predicted molar refractivity (Wildman–Crippen MR) is 82.3 cm³/mol. The summed E-state index contributed by atoms with van der Waals surface area (Å²) in [5.41, 5.74) is 6.34. The van der Waals surface area contributed by atoms with Gasteiger partial charge < -0.3 is 20.1 Å². The van der Waals surface area contributed by atoms with E-state index < -0.39 is 0 Å². The first kappa shape index (κ1) is 16.2. The number of likely N-dealkylation sites (tertiary alicyclic amines) is 1. The SMILES string of the molecule is CCOCCOC1CCN(C(=O)Cc2csc(N)n2)CC1. The molecule has 1 aromatic heterocycles. The molecular formula is C14H23N3O3S. The van der Waals surface area contributed by atoms with Crippen LogP contribution in [0.4, 0.5) is 5.13 Å². The highest BCUT2D eigenvalue weighted by atomic mass is 32.1. The number of nitrogen functional groups attached to an aromatic ring is 1. The maximum Gasteiger partial charge on any atom is 0.228 e. The zero-order valence-electron chi connectivity index (χ0n) is 12.4. The van der Waals surface area contributed by atoms with Crippen LogP contribution < -0.4 is 5.73 Å². The van der Waals surface area contributed by atoms with Gasteiger partial charge in [0, 0.05) is 25.1 Å². The summed E-state index contributed by atoms with van der Waals surface area (Å²) in [6.45, 7) is 5.46. The van der Waals surface area contributed by atoms with Crippen molar-refractivity contribution in [2.24, 2.45) is 0 Å². The van der Waals surface area contributed by atoms with Gasteiger partial charge in [-0.1, -0.05) is 0 Å². The Morgan fingerprint density at radius 1 is 1.48 bits per heavy atom. The first-order valence-corrected chi connectivity index (χ1v) is 8.24. The number of piperidine rings is 1. The number of carbonyl (C=O) groups excluding carboxylic acids is 1. The number of thiazole rings is 1. The van der Waals surface area contributed by atoms with Crippen LogP contribution >= 0.6 is 11.3 Å². The van der Waals surface area contributed by atoms with Crippen LogP contribution in [-0.2, 0) is 20.7 Å². The summed E-state index contributed by atoms with van der Waals surface area (Å²) in [4.78, 5) is 18.2. The molecule has 1 amide bonds. The summed E-state index contributed by atoms with van der Waals surface area (Å²) in [5, 5.41) is 2.36. The summed E-state index contributed by atoms with van der Waals surface area (Å²) in [5.74, 6) is 0.119. The van der Waals surface area contributed by atoms with Gasteiger partial charge in [-0.15, -0.1) is 11.3 Å². The van der Waals surface area contributed by atoms with Crippen LogP contribution in [0.2, 0.25) is 0 Å². The fraction of sp³-hybridized carbons (Fsp3) is 0.714. The quantitative estimate of drug-likeness (QED) is 0.768. The number of amides is 1. The van der Waals surface area contributed by atoms with Gasteiger partial charge in [0.2, 0.25) is 5.91 Å². The summed E-state index contributed by atoms with van der Waals surface area (Å²) in [6, 6.07) is 0. The Hall–Kier alpha value is -1.18. The van der Waals surface area contributed by atoms with Crippen LogP contribution in [-0.4, -0.2) is 54.8 Å². The lowest BCUT2D eigenvalue weighted by molar-refractivity contribution is -0.133. The summed E-state index contributed by atoms with van der Waals surface area (Å²) >= 11 is 1.37. The van der Waals surface area contributed by atoms with Crippen molar-refractivity contribution >= 4 is 22.4 Å². The van der Waals surface area contributed by atoms with Gasteiger partial charge in [0.1, 0.15) is 0 Å². The second kappa shape index (κ2) is 8.31. The van der Waals surface area contributed by atoms with E-state index in [0.29, 0.717) is 24.8 Å². The highest BCUT2D eigenvalue weighted by molar-refractivity contribution is 7.13. The summed E-state index contributed by atoms with van der Waals surface area (Å²) in [7, 11) is 0. The molecule has 0 unspecified atom stereocenters. The molecule has 0 aromatic carbocycles. The Morgan fingerprint density at radius 3 is 2.86 bits per heavy atom. The molecule has 118 valence electrons. The number of anilines is 1. The van der Waals surface area contributed by atoms with Gasteiger partial charge in [0.15, 0.2) is 5.13 Å². The van der Waals surface area contributed by atoms with E-state index in [4.69, 9.17) is 15.2 Å². The molecule has 7 heteroatoms. The van der Waals surface area contributed by atoms with Gasteiger partial charge >= 0.3 is 0 Å². The number of hydrogen-bond donors (Lipinski definition) is 1. The minimum atomic E-state index is 0.119. The van der Waals surface area contributed by atoms with Crippen LogP contribution in [0.25, 0.3) is 0 Å². The van der Waals surface area contributed by atoms with Gasteiger partial charge in [0.25, 0.3) is 0 Å². The van der Waals surface area contributed by atoms with Gasteiger partial charge in [-0.25, -0.2) is 4.98 Å². The van der Waals surface area contributed by atoms with Crippen LogP contribution in [0.3, 0.4) is 0 Å². The smallest absolute Gasteiger partial charge is 0.228 e. The molecule has 0 aliphatic carbocycles. The Balaban J connectivity index is 1.67. The van der Waals surface area contributed by atoms with Gasteiger partial charge in [-0.2, -0.15) is 0 Å². The maximum atomic E-state index is 12.2. The van der Waals surface area contributed by atoms with Crippen LogP contribution in [0.5, 0.6) is 0 Å². The summed E-state index contributed by atoms with van der Waals surface area (Å²) < 4.78 is 11.0. The molecule has 0 bridgehead atoms. The molecule has 2 rings (SSSR count). The molecule has 1 aliphatic rings. The minimum absolute atomic E-state index is 0.119. The Kier molecular flexibility index (Phi) is 6.41. The Bertz CT molecular complexity index is 444. The van der Waals surface area contributed by atoms with Crippen molar-refractivity contribution in [3.05, 3.63) is 11.1 Å². The number of nitrogens with two attached hydrogens (primary N) is 1. The third-order valence-electron chi connectivity index (χ3n) is 3.48. The fourth-order valence-corrected chi connectivity index (χ4v) is 2.92. The van der Waals surface area contributed by atoms with E-state index in [-0.39, 0.29) is 12.0 Å². The van der Waals surface area contributed by atoms with E-state index in [1.165, 1.54) is 11.3 Å². The maximum absolute atomic E-state index is 12.2. The number of hydrogen-bond acceptors (Lipinski definition) is 6. The molecule has 21 heavy (non-hydrogen) atoms. The van der Waals surface area contributed by atoms with Crippen molar-refractivity contribution in [3.63, 3.8) is 0 Å². The Morgan fingerprint density at radius 2 is 2.24 bits per heavy atom. The first-order chi connectivity index (χ1) is 10.2. The van der Waals surface area contributed by atoms with Crippen molar-refractivity contribution in [1.82, 2.24) is 9.88 Å². The zero-order chi connectivity index (χ0) is 15.1. The van der Waals surface area contributed by atoms with Crippen molar-refractivity contribution in [3.8, 4) is 0 Å². The molecule has 1 aliphatic heterocycles. The molecular weight excluding hydrogens is 290 g/mol. The molecule has 0 spiro atoms.